The van der Waals surface area contributed by atoms with Crippen LogP contribution in [0.5, 0.6) is 0 Å². The predicted octanol–water partition coefficient (Wildman–Crippen LogP) is 2.46. The number of carbonyl (C=O) groups is 2. The van der Waals surface area contributed by atoms with Gasteiger partial charge in [-0.2, -0.15) is 0 Å². The number of nitrogens with one attached hydrogen (secondary N) is 3. The Morgan fingerprint density at radius 3 is 2.57 bits per heavy atom. The molecule has 23 heavy (non-hydrogen) atoms. The summed E-state index contributed by atoms with van der Waals surface area (Å²) in [6.45, 7) is 4.42. The first-order chi connectivity index (χ1) is 11.0. The van der Waals surface area contributed by atoms with Gasteiger partial charge in [0.25, 0.3) is 5.91 Å². The Labute approximate surface area is 138 Å². The lowest BCUT2D eigenvalue weighted by atomic mass is 10.1. The standard InChI is InChI=1S/C18H27N3O2/c1-12-10-14(18(23)20-15-6-4-5-7-15)8-9-16(12)21-17(22)13(2)11-19-3/h8-10,13,15,19H,4-7,11H2,1-3H3,(H,20,23)(H,21,22). The van der Waals surface area contributed by atoms with Gasteiger partial charge in [-0.1, -0.05) is 19.8 Å². The van der Waals surface area contributed by atoms with Crippen LogP contribution in [0, 0.1) is 12.8 Å². The Balaban J connectivity index is 1.99. The molecule has 1 fully saturated rings. The van der Waals surface area contributed by atoms with Crippen LogP contribution in [0.1, 0.15) is 48.5 Å². The second-order valence-electron chi connectivity index (χ2n) is 6.43. The molecule has 2 rings (SSSR count). The van der Waals surface area contributed by atoms with Crippen LogP contribution in [0.2, 0.25) is 0 Å². The van der Waals surface area contributed by atoms with E-state index in [1.807, 2.05) is 33.0 Å². The van der Waals surface area contributed by atoms with Crippen LogP contribution in [-0.2, 0) is 4.79 Å². The number of carbonyl (C=O) groups excluding carboxylic acids is 2. The monoisotopic (exact) mass is 317 g/mol. The van der Waals surface area contributed by atoms with Crippen LogP contribution < -0.4 is 16.0 Å². The fourth-order valence-corrected chi connectivity index (χ4v) is 2.94. The van der Waals surface area contributed by atoms with Crippen molar-refractivity contribution >= 4 is 17.5 Å². The molecule has 1 saturated carbocycles. The lowest BCUT2D eigenvalue weighted by Gasteiger charge is -2.15. The molecule has 0 saturated heterocycles. The SMILES string of the molecule is CNCC(C)C(=O)Nc1ccc(C(=O)NC2CCCC2)cc1C. The topological polar surface area (TPSA) is 70.2 Å². The van der Waals surface area contributed by atoms with Gasteiger partial charge in [-0.15, -0.1) is 0 Å². The zero-order chi connectivity index (χ0) is 16.8. The summed E-state index contributed by atoms with van der Waals surface area (Å²) >= 11 is 0. The second-order valence-corrected chi connectivity index (χ2v) is 6.43. The molecule has 0 radical (unpaired) electrons. The fraction of sp³-hybridized carbons (Fsp3) is 0.556. The van der Waals surface area contributed by atoms with Gasteiger partial charge in [0.2, 0.25) is 5.91 Å². The third-order valence-corrected chi connectivity index (χ3v) is 4.39. The highest BCUT2D eigenvalue weighted by Gasteiger charge is 2.19. The Morgan fingerprint density at radius 2 is 1.96 bits per heavy atom. The minimum atomic E-state index is -0.107. The number of benzene rings is 1. The van der Waals surface area contributed by atoms with Crippen LogP contribution in [0.15, 0.2) is 18.2 Å². The molecule has 1 aliphatic carbocycles. The van der Waals surface area contributed by atoms with Gasteiger partial charge in [0, 0.05) is 29.8 Å². The summed E-state index contributed by atoms with van der Waals surface area (Å²) in [4.78, 5) is 24.3. The maximum absolute atomic E-state index is 12.3. The third kappa shape index (κ3) is 4.79. The van der Waals surface area contributed by atoms with Gasteiger partial charge in [0.15, 0.2) is 0 Å². The van der Waals surface area contributed by atoms with E-state index in [1.54, 1.807) is 6.07 Å². The van der Waals surface area contributed by atoms with Gasteiger partial charge < -0.3 is 16.0 Å². The van der Waals surface area contributed by atoms with Crippen molar-refractivity contribution in [1.29, 1.82) is 0 Å². The average molecular weight is 317 g/mol. The van der Waals surface area contributed by atoms with E-state index in [-0.39, 0.29) is 17.7 Å². The molecule has 1 aliphatic rings. The average Bonchev–Trinajstić information content (AvgIpc) is 3.02. The Morgan fingerprint density at radius 1 is 1.26 bits per heavy atom. The molecule has 1 aromatic carbocycles. The molecule has 1 unspecified atom stereocenters. The number of hydrogen-bond donors (Lipinski definition) is 3. The Kier molecular flexibility index (Phi) is 6.16. The molecule has 0 aliphatic heterocycles. The lowest BCUT2D eigenvalue weighted by Crippen LogP contribution is -2.32. The van der Waals surface area contributed by atoms with Gasteiger partial charge in [0.05, 0.1) is 0 Å². The summed E-state index contributed by atoms with van der Waals surface area (Å²) < 4.78 is 0. The van der Waals surface area contributed by atoms with Crippen LogP contribution in [0.25, 0.3) is 0 Å². The zero-order valence-electron chi connectivity index (χ0n) is 14.2. The first-order valence-electron chi connectivity index (χ1n) is 8.38. The van der Waals surface area contributed by atoms with Gasteiger partial charge in [-0.05, 0) is 50.6 Å². The largest absolute Gasteiger partial charge is 0.349 e. The molecule has 0 bridgehead atoms. The molecular formula is C18H27N3O2. The molecule has 3 N–H and O–H groups in total. The molecule has 0 aromatic heterocycles. The minimum absolute atomic E-state index is 0.0226. The maximum Gasteiger partial charge on any atom is 0.251 e. The summed E-state index contributed by atoms with van der Waals surface area (Å²) in [6.07, 6.45) is 4.53. The first kappa shape index (κ1) is 17.5. The van der Waals surface area contributed by atoms with Crippen molar-refractivity contribution in [1.82, 2.24) is 10.6 Å². The highest BCUT2D eigenvalue weighted by atomic mass is 16.2. The summed E-state index contributed by atoms with van der Waals surface area (Å²) in [5.41, 5.74) is 2.31. The number of amides is 2. The summed E-state index contributed by atoms with van der Waals surface area (Å²) in [6, 6.07) is 5.73. The van der Waals surface area contributed by atoms with Crippen molar-refractivity contribution in [3.63, 3.8) is 0 Å². The van der Waals surface area contributed by atoms with Gasteiger partial charge in [-0.25, -0.2) is 0 Å². The molecule has 1 atom stereocenters. The molecule has 126 valence electrons. The summed E-state index contributed by atoms with van der Waals surface area (Å²) in [7, 11) is 1.83. The molecule has 2 amide bonds. The normalized spacial score (nSPS) is 16.1. The minimum Gasteiger partial charge on any atom is -0.349 e. The predicted molar refractivity (Wildman–Crippen MR) is 92.6 cm³/mol. The van der Waals surface area contributed by atoms with Gasteiger partial charge in [-0.3, -0.25) is 9.59 Å². The zero-order valence-corrected chi connectivity index (χ0v) is 14.2. The van der Waals surface area contributed by atoms with Crippen molar-refractivity contribution in [2.24, 2.45) is 5.92 Å². The van der Waals surface area contributed by atoms with E-state index in [0.717, 1.165) is 24.1 Å². The van der Waals surface area contributed by atoms with Crippen molar-refractivity contribution < 1.29 is 9.59 Å². The van der Waals surface area contributed by atoms with Gasteiger partial charge in [0.1, 0.15) is 0 Å². The van der Waals surface area contributed by atoms with Crippen molar-refractivity contribution in [2.45, 2.75) is 45.6 Å². The highest BCUT2D eigenvalue weighted by Crippen LogP contribution is 2.20. The van der Waals surface area contributed by atoms with Crippen LogP contribution in [-0.4, -0.2) is 31.4 Å². The third-order valence-electron chi connectivity index (χ3n) is 4.39. The van der Waals surface area contributed by atoms with E-state index in [2.05, 4.69) is 16.0 Å². The number of rotatable bonds is 6. The van der Waals surface area contributed by atoms with Crippen molar-refractivity contribution in [3.8, 4) is 0 Å². The summed E-state index contributed by atoms with van der Waals surface area (Å²) in [5, 5.41) is 9.00. The van der Waals surface area contributed by atoms with Crippen LogP contribution in [0.4, 0.5) is 5.69 Å². The molecular weight excluding hydrogens is 290 g/mol. The second kappa shape index (κ2) is 8.11. The van der Waals surface area contributed by atoms with Gasteiger partial charge >= 0.3 is 0 Å². The number of hydrogen-bond acceptors (Lipinski definition) is 3. The van der Waals surface area contributed by atoms with E-state index in [1.165, 1.54) is 12.8 Å². The van der Waals surface area contributed by atoms with E-state index in [9.17, 15) is 9.59 Å². The highest BCUT2D eigenvalue weighted by molar-refractivity contribution is 5.97. The molecule has 5 heteroatoms. The number of anilines is 1. The molecule has 0 heterocycles. The maximum atomic E-state index is 12.3. The molecule has 0 spiro atoms. The fourth-order valence-electron chi connectivity index (χ4n) is 2.94. The van der Waals surface area contributed by atoms with Crippen molar-refractivity contribution in [3.05, 3.63) is 29.3 Å². The first-order valence-corrected chi connectivity index (χ1v) is 8.38. The smallest absolute Gasteiger partial charge is 0.251 e. The number of aryl methyl sites for hydroxylation is 1. The van der Waals surface area contributed by atoms with E-state index in [4.69, 9.17) is 0 Å². The van der Waals surface area contributed by atoms with Crippen LogP contribution in [0.3, 0.4) is 0 Å². The van der Waals surface area contributed by atoms with E-state index < -0.39 is 0 Å². The van der Waals surface area contributed by atoms with E-state index in [0.29, 0.717) is 18.2 Å². The van der Waals surface area contributed by atoms with Crippen LogP contribution >= 0.6 is 0 Å². The molecule has 5 nitrogen and oxygen atoms in total. The van der Waals surface area contributed by atoms with E-state index >= 15 is 0 Å². The Bertz CT molecular complexity index is 565. The molecule has 1 aromatic rings. The Hall–Kier alpha value is -1.88. The summed E-state index contributed by atoms with van der Waals surface area (Å²) in [5.74, 6) is -0.156. The lowest BCUT2D eigenvalue weighted by molar-refractivity contribution is -0.119. The van der Waals surface area contributed by atoms with Crippen molar-refractivity contribution in [2.75, 3.05) is 18.9 Å². The quantitative estimate of drug-likeness (QED) is 0.755.